The topological polar surface area (TPSA) is 12.5 Å². The summed E-state index contributed by atoms with van der Waals surface area (Å²) in [6, 6.07) is 21.3. The maximum Gasteiger partial charge on any atom is 0.0716 e. The van der Waals surface area contributed by atoms with E-state index in [0.29, 0.717) is 12.6 Å². The second-order valence-corrected chi connectivity index (χ2v) is 6.87. The Bertz CT molecular complexity index is 638. The molecule has 0 aliphatic heterocycles. The molecule has 0 aromatic heterocycles. The molecule has 0 unspecified atom stereocenters. The van der Waals surface area contributed by atoms with E-state index in [1.54, 1.807) is 0 Å². The summed E-state index contributed by atoms with van der Waals surface area (Å²) >= 11 is 0. The van der Waals surface area contributed by atoms with Gasteiger partial charge in [-0.2, -0.15) is 0 Å². The Kier molecular flexibility index (Phi) is 10.2. The average Bonchev–Trinajstić information content (AvgIpc) is 2.72. The van der Waals surface area contributed by atoms with Crippen molar-refractivity contribution in [1.82, 2.24) is 4.90 Å². The molecule has 0 aliphatic rings. The van der Waals surface area contributed by atoms with Crippen LogP contribution >= 0.6 is 0 Å². The predicted octanol–water partition coefficient (Wildman–Crippen LogP) is 6.01. The van der Waals surface area contributed by atoms with E-state index < -0.39 is 0 Å². The van der Waals surface area contributed by atoms with E-state index in [0.717, 1.165) is 32.5 Å². The zero-order valence-corrected chi connectivity index (χ0v) is 16.4. The van der Waals surface area contributed by atoms with Gasteiger partial charge in [0.15, 0.2) is 0 Å². The van der Waals surface area contributed by atoms with Crippen molar-refractivity contribution >= 4 is 0 Å². The first-order valence-corrected chi connectivity index (χ1v) is 9.96. The molecule has 2 aromatic rings. The number of ether oxygens (including phenoxy) is 1. The third-order valence-corrected chi connectivity index (χ3v) is 4.74. The van der Waals surface area contributed by atoms with Crippen LogP contribution in [-0.2, 0) is 17.9 Å². The van der Waals surface area contributed by atoms with Gasteiger partial charge in [-0.15, -0.1) is 13.2 Å². The number of nitrogens with zero attached hydrogens (tertiary/aromatic N) is 1. The van der Waals surface area contributed by atoms with Crippen LogP contribution in [0.5, 0.6) is 0 Å². The van der Waals surface area contributed by atoms with Crippen LogP contribution in [0.15, 0.2) is 86.0 Å². The summed E-state index contributed by atoms with van der Waals surface area (Å²) in [6.07, 6.45) is 8.48. The Morgan fingerprint density at radius 2 is 1.56 bits per heavy atom. The quantitative estimate of drug-likeness (QED) is 0.301. The first kappa shape index (κ1) is 21.1. The van der Waals surface area contributed by atoms with Crippen molar-refractivity contribution in [2.24, 2.45) is 0 Å². The van der Waals surface area contributed by atoms with Gasteiger partial charge in [-0.05, 0) is 43.4 Å². The van der Waals surface area contributed by atoms with Crippen LogP contribution in [0.2, 0.25) is 0 Å². The standard InChI is InChI=1S/C25H33NO/c1-3-5-6-13-19-26(21-23-14-9-7-10-15-23)25(4-2)18-20-27-22-24-16-11-8-12-17-24/h3-4,7-12,14-17,25H,1-2,5-6,13,18-22H2/t25-/m0/s1. The molecular formula is C25H33NO. The Balaban J connectivity index is 1.86. The van der Waals surface area contributed by atoms with Gasteiger partial charge in [0.1, 0.15) is 0 Å². The molecule has 2 aromatic carbocycles. The molecule has 2 heteroatoms. The zero-order valence-electron chi connectivity index (χ0n) is 16.4. The van der Waals surface area contributed by atoms with Crippen LogP contribution in [0.4, 0.5) is 0 Å². The number of benzene rings is 2. The molecule has 27 heavy (non-hydrogen) atoms. The predicted molar refractivity (Wildman–Crippen MR) is 116 cm³/mol. The van der Waals surface area contributed by atoms with Gasteiger partial charge in [-0.25, -0.2) is 0 Å². The minimum Gasteiger partial charge on any atom is -0.377 e. The van der Waals surface area contributed by atoms with Gasteiger partial charge in [0, 0.05) is 19.2 Å². The second kappa shape index (κ2) is 13.1. The van der Waals surface area contributed by atoms with Gasteiger partial charge in [0.2, 0.25) is 0 Å². The van der Waals surface area contributed by atoms with E-state index in [4.69, 9.17) is 4.74 Å². The van der Waals surface area contributed by atoms with Gasteiger partial charge in [-0.3, -0.25) is 4.90 Å². The van der Waals surface area contributed by atoms with Crippen molar-refractivity contribution in [2.45, 2.75) is 44.9 Å². The Morgan fingerprint density at radius 3 is 2.19 bits per heavy atom. The largest absolute Gasteiger partial charge is 0.377 e. The molecule has 0 amide bonds. The van der Waals surface area contributed by atoms with Crippen LogP contribution < -0.4 is 0 Å². The molecule has 1 atom stereocenters. The fourth-order valence-corrected chi connectivity index (χ4v) is 3.20. The summed E-state index contributed by atoms with van der Waals surface area (Å²) < 4.78 is 5.91. The molecule has 0 heterocycles. The first-order chi connectivity index (χ1) is 13.3. The SMILES string of the molecule is C=CCCCCN(Cc1ccccc1)[C@@H](C=C)CCOCc1ccccc1. The van der Waals surface area contributed by atoms with Crippen molar-refractivity contribution in [2.75, 3.05) is 13.2 Å². The highest BCUT2D eigenvalue weighted by molar-refractivity contribution is 5.15. The van der Waals surface area contributed by atoms with Crippen molar-refractivity contribution in [3.63, 3.8) is 0 Å². The maximum atomic E-state index is 5.91. The van der Waals surface area contributed by atoms with Crippen LogP contribution in [0.3, 0.4) is 0 Å². The first-order valence-electron chi connectivity index (χ1n) is 9.96. The molecular weight excluding hydrogens is 330 g/mol. The van der Waals surface area contributed by atoms with Gasteiger partial charge >= 0.3 is 0 Å². The van der Waals surface area contributed by atoms with E-state index in [-0.39, 0.29) is 0 Å². The smallest absolute Gasteiger partial charge is 0.0716 e. The van der Waals surface area contributed by atoms with Crippen molar-refractivity contribution < 1.29 is 4.74 Å². The van der Waals surface area contributed by atoms with Crippen LogP contribution in [0.1, 0.15) is 36.8 Å². The van der Waals surface area contributed by atoms with Gasteiger partial charge in [0.25, 0.3) is 0 Å². The Labute approximate surface area is 165 Å². The normalized spacial score (nSPS) is 12.0. The van der Waals surface area contributed by atoms with Gasteiger partial charge < -0.3 is 4.74 Å². The Hall–Kier alpha value is -2.16. The molecule has 144 valence electrons. The third-order valence-electron chi connectivity index (χ3n) is 4.74. The highest BCUT2D eigenvalue weighted by Gasteiger charge is 2.15. The maximum absolute atomic E-state index is 5.91. The summed E-state index contributed by atoms with van der Waals surface area (Å²) in [5, 5.41) is 0. The molecule has 0 spiro atoms. The van der Waals surface area contributed by atoms with E-state index in [1.165, 1.54) is 24.0 Å². The highest BCUT2D eigenvalue weighted by atomic mass is 16.5. The summed E-state index contributed by atoms with van der Waals surface area (Å²) in [5.74, 6) is 0. The molecule has 0 aliphatic carbocycles. The average molecular weight is 364 g/mol. The number of allylic oxidation sites excluding steroid dienone is 1. The molecule has 2 nitrogen and oxygen atoms in total. The Morgan fingerprint density at radius 1 is 0.889 bits per heavy atom. The van der Waals surface area contributed by atoms with E-state index in [2.05, 4.69) is 78.7 Å². The lowest BCUT2D eigenvalue weighted by atomic mass is 10.1. The van der Waals surface area contributed by atoms with Crippen molar-refractivity contribution in [3.05, 3.63) is 97.1 Å². The minimum atomic E-state index is 0.324. The van der Waals surface area contributed by atoms with Crippen LogP contribution in [0.25, 0.3) is 0 Å². The highest BCUT2D eigenvalue weighted by Crippen LogP contribution is 2.14. The molecule has 0 fully saturated rings. The van der Waals surface area contributed by atoms with E-state index in [1.807, 2.05) is 12.1 Å². The summed E-state index contributed by atoms with van der Waals surface area (Å²) in [4.78, 5) is 2.53. The molecule has 0 bridgehead atoms. The monoisotopic (exact) mass is 363 g/mol. The van der Waals surface area contributed by atoms with Crippen LogP contribution in [0, 0.1) is 0 Å². The minimum absolute atomic E-state index is 0.324. The molecule has 0 saturated carbocycles. The zero-order chi connectivity index (χ0) is 19.2. The number of hydrogen-bond donors (Lipinski definition) is 0. The molecule has 0 radical (unpaired) electrons. The molecule has 0 saturated heterocycles. The van der Waals surface area contributed by atoms with Gasteiger partial charge in [-0.1, -0.05) is 72.8 Å². The lowest BCUT2D eigenvalue weighted by molar-refractivity contribution is 0.0946. The van der Waals surface area contributed by atoms with Gasteiger partial charge in [0.05, 0.1) is 6.61 Å². The molecule has 0 N–H and O–H groups in total. The van der Waals surface area contributed by atoms with Crippen molar-refractivity contribution in [3.8, 4) is 0 Å². The van der Waals surface area contributed by atoms with Crippen molar-refractivity contribution in [1.29, 1.82) is 0 Å². The third kappa shape index (κ3) is 8.38. The van der Waals surface area contributed by atoms with E-state index in [9.17, 15) is 0 Å². The van der Waals surface area contributed by atoms with E-state index >= 15 is 0 Å². The lowest BCUT2D eigenvalue weighted by Crippen LogP contribution is -2.35. The summed E-state index contributed by atoms with van der Waals surface area (Å²) in [5.41, 5.74) is 2.57. The fourth-order valence-electron chi connectivity index (χ4n) is 3.20. The lowest BCUT2D eigenvalue weighted by Gasteiger charge is -2.30. The number of unbranched alkanes of at least 4 members (excludes halogenated alkanes) is 2. The fraction of sp³-hybridized carbons (Fsp3) is 0.360. The second-order valence-electron chi connectivity index (χ2n) is 6.87. The number of rotatable bonds is 14. The summed E-state index contributed by atoms with van der Waals surface area (Å²) in [6.45, 7) is 11.3. The number of hydrogen-bond acceptors (Lipinski definition) is 2. The van der Waals surface area contributed by atoms with Crippen LogP contribution in [-0.4, -0.2) is 24.1 Å². The summed E-state index contributed by atoms with van der Waals surface area (Å²) in [7, 11) is 0. The molecule has 2 rings (SSSR count).